The molecule has 1 fully saturated rings. The van der Waals surface area contributed by atoms with Crippen LogP contribution in [0.15, 0.2) is 29.9 Å². The van der Waals surface area contributed by atoms with E-state index < -0.39 is 0 Å². The van der Waals surface area contributed by atoms with E-state index in [9.17, 15) is 4.79 Å². The molecule has 0 atom stereocenters. The predicted octanol–water partition coefficient (Wildman–Crippen LogP) is 0.786. The van der Waals surface area contributed by atoms with Gasteiger partial charge in [-0.1, -0.05) is 0 Å². The summed E-state index contributed by atoms with van der Waals surface area (Å²) >= 11 is 1.62. The number of anilines is 2. The molecule has 0 aliphatic carbocycles. The number of rotatable bonds is 3. The molecule has 1 saturated heterocycles. The summed E-state index contributed by atoms with van der Waals surface area (Å²) in [6, 6.07) is 3.43. The van der Waals surface area contributed by atoms with E-state index in [1.54, 1.807) is 35.9 Å². The molecular weight excluding hydrogens is 288 g/mol. The number of nitrogens with one attached hydrogen (secondary N) is 1. The second kappa shape index (κ2) is 6.06. The Kier molecular flexibility index (Phi) is 3.98. The second-order valence-electron chi connectivity index (χ2n) is 4.67. The number of thiazole rings is 1. The van der Waals surface area contributed by atoms with Crippen molar-refractivity contribution in [2.24, 2.45) is 5.84 Å². The van der Waals surface area contributed by atoms with Crippen molar-refractivity contribution < 1.29 is 4.79 Å². The number of nitrogen functional groups attached to an aromatic ring is 1. The summed E-state index contributed by atoms with van der Waals surface area (Å²) in [5.74, 6) is 5.81. The van der Waals surface area contributed by atoms with Crippen LogP contribution in [0.5, 0.6) is 0 Å². The average molecular weight is 304 g/mol. The number of hydrogen-bond acceptors (Lipinski definition) is 7. The number of carbonyl (C=O) groups excluding carboxylic acids is 1. The van der Waals surface area contributed by atoms with Gasteiger partial charge in [0.1, 0.15) is 5.82 Å². The maximum absolute atomic E-state index is 12.4. The number of pyridine rings is 1. The number of amides is 1. The van der Waals surface area contributed by atoms with E-state index in [-0.39, 0.29) is 5.91 Å². The van der Waals surface area contributed by atoms with E-state index in [4.69, 9.17) is 5.84 Å². The fraction of sp³-hybridized carbons (Fsp3) is 0.308. The first kappa shape index (κ1) is 13.8. The Labute approximate surface area is 126 Å². The van der Waals surface area contributed by atoms with Crippen LogP contribution in [0.25, 0.3) is 0 Å². The van der Waals surface area contributed by atoms with Crippen LogP contribution < -0.4 is 16.2 Å². The summed E-state index contributed by atoms with van der Waals surface area (Å²) in [5, 5.41) is 2.98. The van der Waals surface area contributed by atoms with Gasteiger partial charge >= 0.3 is 0 Å². The van der Waals surface area contributed by atoms with Crippen molar-refractivity contribution in [3.05, 3.63) is 35.5 Å². The summed E-state index contributed by atoms with van der Waals surface area (Å²) in [4.78, 5) is 24.8. The molecule has 0 radical (unpaired) electrons. The van der Waals surface area contributed by atoms with Gasteiger partial charge in [0.25, 0.3) is 5.91 Å². The van der Waals surface area contributed by atoms with Crippen molar-refractivity contribution in [1.82, 2.24) is 14.9 Å². The number of piperazine rings is 1. The number of aromatic nitrogens is 2. The molecule has 3 rings (SSSR count). The van der Waals surface area contributed by atoms with E-state index in [2.05, 4.69) is 20.3 Å². The van der Waals surface area contributed by atoms with E-state index in [1.807, 2.05) is 10.3 Å². The minimum Gasteiger partial charge on any atom is -0.345 e. The van der Waals surface area contributed by atoms with Crippen molar-refractivity contribution in [2.75, 3.05) is 36.5 Å². The van der Waals surface area contributed by atoms with E-state index in [0.717, 1.165) is 18.2 Å². The first-order valence-corrected chi connectivity index (χ1v) is 7.52. The van der Waals surface area contributed by atoms with Crippen LogP contribution in [-0.4, -0.2) is 47.0 Å². The Balaban J connectivity index is 1.62. The summed E-state index contributed by atoms with van der Waals surface area (Å²) in [6.45, 7) is 2.98. The summed E-state index contributed by atoms with van der Waals surface area (Å²) in [6.07, 6.45) is 3.35. The zero-order chi connectivity index (χ0) is 14.7. The molecule has 0 spiro atoms. The molecule has 0 saturated carbocycles. The number of nitrogens with two attached hydrogens (primary N) is 1. The highest BCUT2D eigenvalue weighted by Gasteiger charge is 2.23. The maximum Gasteiger partial charge on any atom is 0.255 e. The Hall–Kier alpha value is -2.19. The fourth-order valence-electron chi connectivity index (χ4n) is 2.26. The Morgan fingerprint density at radius 3 is 2.62 bits per heavy atom. The molecule has 1 aliphatic rings. The summed E-state index contributed by atoms with van der Waals surface area (Å²) < 4.78 is 0. The lowest BCUT2D eigenvalue weighted by atomic mass is 10.2. The highest BCUT2D eigenvalue weighted by molar-refractivity contribution is 7.13. The molecule has 3 heterocycles. The van der Waals surface area contributed by atoms with Crippen LogP contribution in [0.1, 0.15) is 10.4 Å². The van der Waals surface area contributed by atoms with Crippen molar-refractivity contribution >= 4 is 28.2 Å². The molecule has 7 nitrogen and oxygen atoms in total. The molecule has 21 heavy (non-hydrogen) atoms. The quantitative estimate of drug-likeness (QED) is 0.644. The van der Waals surface area contributed by atoms with Gasteiger partial charge in [-0.3, -0.25) is 4.79 Å². The third kappa shape index (κ3) is 2.96. The Bertz CT molecular complexity index is 592. The zero-order valence-corrected chi connectivity index (χ0v) is 12.2. The molecule has 1 aliphatic heterocycles. The topological polar surface area (TPSA) is 87.4 Å². The van der Waals surface area contributed by atoms with E-state index in [1.165, 1.54) is 0 Å². The molecule has 2 aromatic heterocycles. The molecule has 3 N–H and O–H groups in total. The normalized spacial score (nSPS) is 15.1. The Morgan fingerprint density at radius 1 is 1.24 bits per heavy atom. The van der Waals surface area contributed by atoms with Crippen LogP contribution >= 0.6 is 11.3 Å². The SMILES string of the molecule is NNc1ccc(C(=O)N2CCN(c3nccs3)CC2)cn1. The lowest BCUT2D eigenvalue weighted by Crippen LogP contribution is -2.48. The molecule has 110 valence electrons. The summed E-state index contributed by atoms with van der Waals surface area (Å²) in [7, 11) is 0. The van der Waals surface area contributed by atoms with Gasteiger partial charge in [0, 0.05) is 44.0 Å². The third-order valence-electron chi connectivity index (χ3n) is 3.42. The second-order valence-corrected chi connectivity index (χ2v) is 5.54. The highest BCUT2D eigenvalue weighted by atomic mass is 32.1. The van der Waals surface area contributed by atoms with Crippen LogP contribution in [-0.2, 0) is 0 Å². The van der Waals surface area contributed by atoms with E-state index in [0.29, 0.717) is 24.5 Å². The summed E-state index contributed by atoms with van der Waals surface area (Å²) in [5.41, 5.74) is 3.03. The van der Waals surface area contributed by atoms with Gasteiger partial charge in [0.2, 0.25) is 0 Å². The van der Waals surface area contributed by atoms with Crippen LogP contribution in [0.4, 0.5) is 10.9 Å². The largest absolute Gasteiger partial charge is 0.345 e. The molecule has 0 unspecified atom stereocenters. The minimum atomic E-state index is 0.00450. The number of carbonyl (C=O) groups is 1. The molecular formula is C13H16N6OS. The lowest BCUT2D eigenvalue weighted by Gasteiger charge is -2.34. The van der Waals surface area contributed by atoms with Gasteiger partial charge in [-0.15, -0.1) is 11.3 Å². The van der Waals surface area contributed by atoms with Crippen molar-refractivity contribution in [1.29, 1.82) is 0 Å². The maximum atomic E-state index is 12.4. The molecule has 8 heteroatoms. The predicted molar refractivity (Wildman–Crippen MR) is 82.3 cm³/mol. The van der Waals surface area contributed by atoms with Gasteiger partial charge < -0.3 is 15.2 Å². The number of hydrogen-bond donors (Lipinski definition) is 2. The van der Waals surface area contributed by atoms with Gasteiger partial charge in [-0.2, -0.15) is 0 Å². The van der Waals surface area contributed by atoms with Crippen LogP contribution in [0.3, 0.4) is 0 Å². The molecule has 1 amide bonds. The molecule has 0 aromatic carbocycles. The fourth-order valence-corrected chi connectivity index (χ4v) is 2.96. The Morgan fingerprint density at radius 2 is 2.05 bits per heavy atom. The van der Waals surface area contributed by atoms with Gasteiger partial charge in [0.15, 0.2) is 5.13 Å². The van der Waals surface area contributed by atoms with Gasteiger partial charge in [0.05, 0.1) is 5.56 Å². The highest BCUT2D eigenvalue weighted by Crippen LogP contribution is 2.19. The van der Waals surface area contributed by atoms with E-state index >= 15 is 0 Å². The van der Waals surface area contributed by atoms with Crippen molar-refractivity contribution in [2.45, 2.75) is 0 Å². The standard InChI is InChI=1S/C13H16N6OS/c14-17-11-2-1-10(9-16-11)12(20)18-4-6-19(7-5-18)13-15-3-8-21-13/h1-3,8-9H,4-7,14H2,(H,16,17). The number of nitrogens with zero attached hydrogens (tertiary/aromatic N) is 4. The zero-order valence-electron chi connectivity index (χ0n) is 11.4. The monoisotopic (exact) mass is 304 g/mol. The average Bonchev–Trinajstić information content (AvgIpc) is 3.09. The van der Waals surface area contributed by atoms with Gasteiger partial charge in [-0.05, 0) is 12.1 Å². The molecule has 0 bridgehead atoms. The first-order chi connectivity index (χ1) is 10.3. The smallest absolute Gasteiger partial charge is 0.255 e. The van der Waals surface area contributed by atoms with Crippen molar-refractivity contribution in [3.63, 3.8) is 0 Å². The molecule has 2 aromatic rings. The number of hydrazine groups is 1. The third-order valence-corrected chi connectivity index (χ3v) is 4.25. The minimum absolute atomic E-state index is 0.00450. The van der Waals surface area contributed by atoms with Crippen molar-refractivity contribution in [3.8, 4) is 0 Å². The first-order valence-electron chi connectivity index (χ1n) is 6.64. The van der Waals surface area contributed by atoms with Gasteiger partial charge in [-0.25, -0.2) is 15.8 Å². The van der Waals surface area contributed by atoms with Crippen LogP contribution in [0, 0.1) is 0 Å². The lowest BCUT2D eigenvalue weighted by molar-refractivity contribution is 0.0746. The van der Waals surface area contributed by atoms with Crippen LogP contribution in [0.2, 0.25) is 0 Å².